The molecule has 8 nitrogen and oxygen atoms in total. The van der Waals surface area contributed by atoms with E-state index < -0.39 is 0 Å². The zero-order chi connectivity index (χ0) is 14.6. The molecule has 2 fully saturated rings. The highest BCUT2D eigenvalue weighted by molar-refractivity contribution is 5.87. The van der Waals surface area contributed by atoms with Gasteiger partial charge in [-0.1, -0.05) is 0 Å². The summed E-state index contributed by atoms with van der Waals surface area (Å²) in [5.41, 5.74) is 0.832. The third kappa shape index (κ3) is 1.82. The van der Waals surface area contributed by atoms with Crippen molar-refractivity contribution in [2.24, 2.45) is 7.05 Å². The molecule has 4 rings (SSSR count). The third-order valence-corrected chi connectivity index (χ3v) is 4.10. The van der Waals surface area contributed by atoms with Gasteiger partial charge in [0.25, 0.3) is 0 Å². The maximum Gasteiger partial charge on any atom is 0.410 e. The average molecular weight is 288 g/mol. The molecule has 4 heterocycles. The van der Waals surface area contributed by atoms with Gasteiger partial charge in [-0.25, -0.2) is 14.8 Å². The van der Waals surface area contributed by atoms with Gasteiger partial charge in [0.05, 0.1) is 17.6 Å². The van der Waals surface area contributed by atoms with Crippen LogP contribution in [0, 0.1) is 6.92 Å². The van der Waals surface area contributed by atoms with Crippen LogP contribution in [-0.2, 0) is 11.8 Å². The first-order valence-corrected chi connectivity index (χ1v) is 6.98. The Morgan fingerprint density at radius 1 is 1.33 bits per heavy atom. The Kier molecular flexibility index (Phi) is 2.54. The Morgan fingerprint density at radius 2 is 2.19 bits per heavy atom. The highest BCUT2D eigenvalue weighted by atomic mass is 16.6. The van der Waals surface area contributed by atoms with Crippen LogP contribution in [0.1, 0.15) is 5.82 Å². The van der Waals surface area contributed by atoms with Crippen LogP contribution < -0.4 is 4.90 Å². The number of ether oxygens (including phenoxy) is 1. The first kappa shape index (κ1) is 12.4. The van der Waals surface area contributed by atoms with Crippen molar-refractivity contribution in [3.8, 4) is 0 Å². The number of nitrogens with zero attached hydrogens (tertiary/aromatic N) is 6. The van der Waals surface area contributed by atoms with E-state index in [4.69, 9.17) is 4.74 Å². The molecule has 8 heteroatoms. The number of aryl methyl sites for hydroxylation is 2. The standard InChI is InChI=1S/C13H16N6O2/c1-8-15-11-10(5-14-17(11)2)12(16-8)18-3-4-19-9(6-18)7-21-13(19)20/h5,9H,3-4,6-7H2,1-2H3/t9-/m1/s1. The first-order chi connectivity index (χ1) is 10.1. The number of cyclic esters (lactones) is 1. The van der Waals surface area contributed by atoms with E-state index in [0.29, 0.717) is 13.2 Å². The number of hydrogen-bond donors (Lipinski definition) is 0. The van der Waals surface area contributed by atoms with E-state index in [2.05, 4.69) is 20.0 Å². The Morgan fingerprint density at radius 3 is 3.05 bits per heavy atom. The second kappa shape index (κ2) is 4.31. The fourth-order valence-corrected chi connectivity index (χ4v) is 3.04. The summed E-state index contributed by atoms with van der Waals surface area (Å²) in [5.74, 6) is 1.62. The van der Waals surface area contributed by atoms with E-state index in [1.54, 1.807) is 15.8 Å². The van der Waals surface area contributed by atoms with Gasteiger partial charge in [-0.05, 0) is 6.92 Å². The van der Waals surface area contributed by atoms with Crippen molar-refractivity contribution in [3.63, 3.8) is 0 Å². The SMILES string of the molecule is Cc1nc(N2CCN3C(=O)OC[C@H]3C2)c2cnn(C)c2n1. The summed E-state index contributed by atoms with van der Waals surface area (Å²) in [5, 5.41) is 5.22. The first-order valence-electron chi connectivity index (χ1n) is 6.98. The molecular weight excluding hydrogens is 272 g/mol. The quantitative estimate of drug-likeness (QED) is 0.752. The van der Waals surface area contributed by atoms with Crippen LogP contribution in [0.2, 0.25) is 0 Å². The largest absolute Gasteiger partial charge is 0.447 e. The number of aromatic nitrogens is 4. The highest BCUT2D eigenvalue weighted by Crippen LogP contribution is 2.27. The molecule has 0 unspecified atom stereocenters. The van der Waals surface area contributed by atoms with Crippen LogP contribution in [0.15, 0.2) is 6.20 Å². The van der Waals surface area contributed by atoms with Crippen molar-refractivity contribution >= 4 is 22.9 Å². The zero-order valence-electron chi connectivity index (χ0n) is 12.0. The summed E-state index contributed by atoms with van der Waals surface area (Å²) >= 11 is 0. The number of fused-ring (bicyclic) bond motifs is 2. The lowest BCUT2D eigenvalue weighted by Crippen LogP contribution is -2.52. The molecule has 2 aromatic heterocycles. The van der Waals surface area contributed by atoms with Gasteiger partial charge in [0.1, 0.15) is 18.2 Å². The predicted octanol–water partition coefficient (Wildman–Crippen LogP) is 0.313. The second-order valence-corrected chi connectivity index (χ2v) is 5.47. The van der Waals surface area contributed by atoms with Gasteiger partial charge in [-0.3, -0.25) is 9.58 Å². The van der Waals surface area contributed by atoms with Crippen molar-refractivity contribution in [2.75, 3.05) is 31.1 Å². The molecule has 0 bridgehead atoms. The molecule has 0 spiro atoms. The summed E-state index contributed by atoms with van der Waals surface area (Å²) in [7, 11) is 1.87. The molecule has 1 amide bonds. The molecule has 1 atom stereocenters. The van der Waals surface area contributed by atoms with Crippen LogP contribution in [0.25, 0.3) is 11.0 Å². The summed E-state index contributed by atoms with van der Waals surface area (Å²) < 4.78 is 6.87. The maximum atomic E-state index is 11.6. The Hall–Kier alpha value is -2.38. The van der Waals surface area contributed by atoms with E-state index >= 15 is 0 Å². The molecule has 2 aliphatic rings. The lowest BCUT2D eigenvalue weighted by atomic mass is 10.2. The molecule has 2 saturated heterocycles. The van der Waals surface area contributed by atoms with Gasteiger partial charge in [0, 0.05) is 26.7 Å². The van der Waals surface area contributed by atoms with E-state index in [1.807, 2.05) is 14.0 Å². The van der Waals surface area contributed by atoms with Crippen molar-refractivity contribution in [2.45, 2.75) is 13.0 Å². The van der Waals surface area contributed by atoms with Crippen molar-refractivity contribution < 1.29 is 9.53 Å². The van der Waals surface area contributed by atoms with Crippen LogP contribution in [0.3, 0.4) is 0 Å². The summed E-state index contributed by atoms with van der Waals surface area (Å²) in [6.07, 6.45) is 1.59. The van der Waals surface area contributed by atoms with Crippen LogP contribution in [0.4, 0.5) is 10.6 Å². The number of hydrogen-bond acceptors (Lipinski definition) is 6. The second-order valence-electron chi connectivity index (χ2n) is 5.47. The zero-order valence-corrected chi connectivity index (χ0v) is 12.0. The number of carbonyl (C=O) groups excluding carboxylic acids is 1. The highest BCUT2D eigenvalue weighted by Gasteiger charge is 2.38. The fraction of sp³-hybridized carbons (Fsp3) is 0.538. The summed E-state index contributed by atoms with van der Waals surface area (Å²) in [6.45, 7) is 4.47. The fourth-order valence-electron chi connectivity index (χ4n) is 3.04. The Bertz CT molecular complexity index is 727. The average Bonchev–Trinajstić information content (AvgIpc) is 3.02. The van der Waals surface area contributed by atoms with Crippen LogP contribution in [0.5, 0.6) is 0 Å². The normalized spacial score (nSPS) is 21.8. The minimum absolute atomic E-state index is 0.105. The molecule has 2 aliphatic heterocycles. The Labute approximate surface area is 121 Å². The number of amides is 1. The van der Waals surface area contributed by atoms with Gasteiger partial charge >= 0.3 is 6.09 Å². The monoisotopic (exact) mass is 288 g/mol. The minimum Gasteiger partial charge on any atom is -0.447 e. The third-order valence-electron chi connectivity index (χ3n) is 4.10. The van der Waals surface area contributed by atoms with Crippen LogP contribution >= 0.6 is 0 Å². The molecule has 0 N–H and O–H groups in total. The number of rotatable bonds is 1. The molecule has 2 aromatic rings. The molecule has 110 valence electrons. The minimum atomic E-state index is -0.204. The van der Waals surface area contributed by atoms with E-state index in [0.717, 1.165) is 35.8 Å². The van der Waals surface area contributed by atoms with Gasteiger partial charge in [0.2, 0.25) is 0 Å². The molecule has 0 aromatic carbocycles. The maximum absolute atomic E-state index is 11.6. The molecule has 21 heavy (non-hydrogen) atoms. The summed E-state index contributed by atoms with van der Waals surface area (Å²) in [6, 6.07) is 0.105. The lowest BCUT2D eigenvalue weighted by Gasteiger charge is -2.36. The van der Waals surface area contributed by atoms with E-state index in [1.165, 1.54) is 0 Å². The van der Waals surface area contributed by atoms with Crippen molar-refractivity contribution in [1.29, 1.82) is 0 Å². The number of piperazine rings is 1. The molecule has 0 radical (unpaired) electrons. The smallest absolute Gasteiger partial charge is 0.410 e. The number of anilines is 1. The van der Waals surface area contributed by atoms with Crippen LogP contribution in [-0.4, -0.2) is 63.0 Å². The number of carbonyl (C=O) groups is 1. The Balaban J connectivity index is 1.72. The molecule has 0 aliphatic carbocycles. The van der Waals surface area contributed by atoms with Gasteiger partial charge in [-0.2, -0.15) is 5.10 Å². The lowest BCUT2D eigenvalue weighted by molar-refractivity contribution is 0.157. The van der Waals surface area contributed by atoms with Gasteiger partial charge < -0.3 is 9.64 Å². The summed E-state index contributed by atoms with van der Waals surface area (Å²) in [4.78, 5) is 24.6. The van der Waals surface area contributed by atoms with Gasteiger partial charge in [-0.15, -0.1) is 0 Å². The van der Waals surface area contributed by atoms with Crippen molar-refractivity contribution in [1.82, 2.24) is 24.6 Å². The van der Waals surface area contributed by atoms with E-state index in [-0.39, 0.29) is 12.1 Å². The topological polar surface area (TPSA) is 76.4 Å². The molecular formula is C13H16N6O2. The van der Waals surface area contributed by atoms with Gasteiger partial charge in [0.15, 0.2) is 5.65 Å². The molecule has 0 saturated carbocycles. The van der Waals surface area contributed by atoms with Crippen molar-refractivity contribution in [3.05, 3.63) is 12.0 Å². The predicted molar refractivity (Wildman–Crippen MR) is 75.1 cm³/mol. The van der Waals surface area contributed by atoms with E-state index in [9.17, 15) is 4.79 Å².